The van der Waals surface area contributed by atoms with Gasteiger partial charge in [-0.25, -0.2) is 9.37 Å². The number of rotatable bonds is 2. The number of anilines is 1. The number of imidazole rings is 1. The number of nitrogens with zero attached hydrogens (tertiary/aromatic N) is 1. The van der Waals surface area contributed by atoms with E-state index in [4.69, 9.17) is 0 Å². The Kier molecular flexibility index (Phi) is 2.95. The number of carbonyl (C=O) groups excluding carboxylic acids is 1. The van der Waals surface area contributed by atoms with Crippen molar-refractivity contribution < 1.29 is 9.18 Å². The van der Waals surface area contributed by atoms with Gasteiger partial charge in [0.25, 0.3) is 5.91 Å². The van der Waals surface area contributed by atoms with E-state index in [1.807, 2.05) is 24.3 Å². The molecule has 100 valence electrons. The topological polar surface area (TPSA) is 57.8 Å². The molecule has 0 aliphatic heterocycles. The maximum absolute atomic E-state index is 13.7. The highest BCUT2D eigenvalue weighted by Crippen LogP contribution is 2.15. The predicted molar refractivity (Wildman–Crippen MR) is 75.2 cm³/mol. The van der Waals surface area contributed by atoms with Crippen molar-refractivity contribution in [3.05, 3.63) is 59.4 Å². The van der Waals surface area contributed by atoms with Crippen LogP contribution >= 0.6 is 0 Å². The predicted octanol–water partition coefficient (Wildman–Crippen LogP) is 3.26. The van der Waals surface area contributed by atoms with E-state index in [2.05, 4.69) is 15.3 Å². The van der Waals surface area contributed by atoms with Crippen LogP contribution in [0.2, 0.25) is 0 Å². The Hall–Kier alpha value is -2.69. The molecule has 1 amide bonds. The van der Waals surface area contributed by atoms with Gasteiger partial charge in [-0.2, -0.15) is 0 Å². The SMILES string of the molecule is Cc1ccc(C(=O)Nc2nc3ccccc3[nH]2)c(F)c1. The number of amides is 1. The Bertz CT molecular complexity index is 762. The minimum Gasteiger partial charge on any atom is -0.324 e. The maximum Gasteiger partial charge on any atom is 0.260 e. The normalized spacial score (nSPS) is 10.7. The number of H-pyrrole nitrogens is 1. The van der Waals surface area contributed by atoms with Gasteiger partial charge in [0.15, 0.2) is 0 Å². The van der Waals surface area contributed by atoms with Gasteiger partial charge in [-0.05, 0) is 36.8 Å². The van der Waals surface area contributed by atoms with Gasteiger partial charge in [-0.3, -0.25) is 10.1 Å². The van der Waals surface area contributed by atoms with Crippen LogP contribution in [0.1, 0.15) is 15.9 Å². The maximum atomic E-state index is 13.7. The summed E-state index contributed by atoms with van der Waals surface area (Å²) in [6.07, 6.45) is 0. The third-order valence-electron chi connectivity index (χ3n) is 2.99. The molecule has 20 heavy (non-hydrogen) atoms. The molecule has 0 bridgehead atoms. The van der Waals surface area contributed by atoms with E-state index in [0.717, 1.165) is 16.6 Å². The molecular formula is C15H12FN3O. The molecule has 2 N–H and O–H groups in total. The lowest BCUT2D eigenvalue weighted by atomic mass is 10.1. The second-order valence-corrected chi connectivity index (χ2v) is 4.54. The molecule has 4 nitrogen and oxygen atoms in total. The second-order valence-electron chi connectivity index (χ2n) is 4.54. The minimum atomic E-state index is -0.543. The third-order valence-corrected chi connectivity index (χ3v) is 2.99. The highest BCUT2D eigenvalue weighted by atomic mass is 19.1. The number of aromatic nitrogens is 2. The van der Waals surface area contributed by atoms with Crippen molar-refractivity contribution in [1.82, 2.24) is 9.97 Å². The van der Waals surface area contributed by atoms with Crippen LogP contribution in [0.25, 0.3) is 11.0 Å². The van der Waals surface area contributed by atoms with Crippen molar-refractivity contribution in [3.8, 4) is 0 Å². The van der Waals surface area contributed by atoms with E-state index in [-0.39, 0.29) is 5.56 Å². The van der Waals surface area contributed by atoms with E-state index in [1.165, 1.54) is 12.1 Å². The smallest absolute Gasteiger partial charge is 0.260 e. The average molecular weight is 269 g/mol. The second kappa shape index (κ2) is 4.77. The lowest BCUT2D eigenvalue weighted by Crippen LogP contribution is -2.14. The number of fused-ring (bicyclic) bond motifs is 1. The summed E-state index contributed by atoms with van der Waals surface area (Å²) in [5.41, 5.74) is 2.32. The Balaban J connectivity index is 1.88. The summed E-state index contributed by atoms with van der Waals surface area (Å²) >= 11 is 0. The number of benzene rings is 2. The van der Waals surface area contributed by atoms with E-state index >= 15 is 0 Å². The highest BCUT2D eigenvalue weighted by Gasteiger charge is 2.13. The van der Waals surface area contributed by atoms with Gasteiger partial charge in [0.1, 0.15) is 5.82 Å². The van der Waals surface area contributed by atoms with Crippen LogP contribution in [0, 0.1) is 12.7 Å². The fourth-order valence-corrected chi connectivity index (χ4v) is 1.99. The summed E-state index contributed by atoms with van der Waals surface area (Å²) in [5, 5.41) is 2.56. The number of para-hydroxylation sites is 2. The van der Waals surface area contributed by atoms with Crippen LogP contribution in [-0.2, 0) is 0 Å². The molecule has 1 heterocycles. The molecule has 0 atom stereocenters. The Morgan fingerprint density at radius 3 is 2.80 bits per heavy atom. The minimum absolute atomic E-state index is 0.00365. The number of hydrogen-bond acceptors (Lipinski definition) is 2. The van der Waals surface area contributed by atoms with E-state index in [9.17, 15) is 9.18 Å². The molecule has 0 aliphatic carbocycles. The van der Waals surface area contributed by atoms with Crippen LogP contribution in [-0.4, -0.2) is 15.9 Å². The Morgan fingerprint density at radius 1 is 1.25 bits per heavy atom. The molecule has 2 aromatic carbocycles. The Labute approximate surface area is 114 Å². The van der Waals surface area contributed by atoms with Crippen molar-refractivity contribution in [3.63, 3.8) is 0 Å². The lowest BCUT2D eigenvalue weighted by molar-refractivity contribution is 0.102. The summed E-state index contributed by atoms with van der Waals surface area (Å²) < 4.78 is 13.7. The molecule has 1 aromatic heterocycles. The molecule has 3 rings (SSSR count). The Morgan fingerprint density at radius 2 is 2.05 bits per heavy atom. The van der Waals surface area contributed by atoms with Crippen LogP contribution in [0.5, 0.6) is 0 Å². The number of aromatic amines is 1. The van der Waals surface area contributed by atoms with Gasteiger partial charge >= 0.3 is 0 Å². The lowest BCUT2D eigenvalue weighted by Gasteiger charge is -2.03. The molecule has 0 radical (unpaired) electrons. The van der Waals surface area contributed by atoms with Gasteiger partial charge in [-0.15, -0.1) is 0 Å². The monoisotopic (exact) mass is 269 g/mol. The standard InChI is InChI=1S/C15H12FN3O/c1-9-6-7-10(11(16)8-9)14(20)19-15-17-12-4-2-3-5-13(12)18-15/h2-8H,1H3,(H2,17,18,19,20). The number of nitrogens with one attached hydrogen (secondary N) is 2. The first-order valence-corrected chi connectivity index (χ1v) is 6.16. The largest absolute Gasteiger partial charge is 0.324 e. The zero-order valence-electron chi connectivity index (χ0n) is 10.8. The molecule has 0 unspecified atom stereocenters. The zero-order chi connectivity index (χ0) is 14.1. The highest BCUT2D eigenvalue weighted by molar-refractivity contribution is 6.04. The molecule has 0 aliphatic rings. The fraction of sp³-hybridized carbons (Fsp3) is 0.0667. The van der Waals surface area contributed by atoms with Crippen molar-refractivity contribution in [2.24, 2.45) is 0 Å². The number of halogens is 1. The molecule has 0 spiro atoms. The van der Waals surface area contributed by atoms with Crippen molar-refractivity contribution in [2.45, 2.75) is 6.92 Å². The quantitative estimate of drug-likeness (QED) is 0.750. The summed E-state index contributed by atoms with van der Waals surface area (Å²) in [6, 6.07) is 11.9. The van der Waals surface area contributed by atoms with Crippen LogP contribution < -0.4 is 5.32 Å². The van der Waals surface area contributed by atoms with Crippen molar-refractivity contribution in [2.75, 3.05) is 5.32 Å². The van der Waals surface area contributed by atoms with Crippen LogP contribution in [0.15, 0.2) is 42.5 Å². The summed E-state index contributed by atoms with van der Waals surface area (Å²) in [6.45, 7) is 1.77. The third kappa shape index (κ3) is 2.25. The number of hydrogen-bond donors (Lipinski definition) is 2. The van der Waals surface area contributed by atoms with E-state index in [1.54, 1.807) is 13.0 Å². The molecule has 0 saturated carbocycles. The first kappa shape index (κ1) is 12.3. The molecular weight excluding hydrogens is 257 g/mol. The summed E-state index contributed by atoms with van der Waals surface area (Å²) in [5.74, 6) is -0.767. The molecule has 5 heteroatoms. The molecule has 0 saturated heterocycles. The summed E-state index contributed by atoms with van der Waals surface area (Å²) in [7, 11) is 0. The fourth-order valence-electron chi connectivity index (χ4n) is 1.99. The van der Waals surface area contributed by atoms with Crippen molar-refractivity contribution in [1.29, 1.82) is 0 Å². The average Bonchev–Trinajstić information content (AvgIpc) is 2.80. The van der Waals surface area contributed by atoms with Gasteiger partial charge in [-0.1, -0.05) is 18.2 Å². The first-order valence-electron chi connectivity index (χ1n) is 6.16. The molecule has 3 aromatic rings. The van der Waals surface area contributed by atoms with E-state index in [0.29, 0.717) is 5.95 Å². The number of carbonyl (C=O) groups is 1. The van der Waals surface area contributed by atoms with Gasteiger partial charge in [0, 0.05) is 0 Å². The van der Waals surface area contributed by atoms with Gasteiger partial charge in [0.05, 0.1) is 16.6 Å². The summed E-state index contributed by atoms with van der Waals surface area (Å²) in [4.78, 5) is 19.2. The van der Waals surface area contributed by atoms with Crippen LogP contribution in [0.4, 0.5) is 10.3 Å². The van der Waals surface area contributed by atoms with Crippen LogP contribution in [0.3, 0.4) is 0 Å². The first-order chi connectivity index (χ1) is 9.63. The van der Waals surface area contributed by atoms with Crippen molar-refractivity contribution >= 4 is 22.9 Å². The zero-order valence-corrected chi connectivity index (χ0v) is 10.8. The number of aryl methyl sites for hydroxylation is 1. The van der Waals surface area contributed by atoms with Gasteiger partial charge in [0.2, 0.25) is 5.95 Å². The van der Waals surface area contributed by atoms with Gasteiger partial charge < -0.3 is 4.98 Å². The molecule has 0 fully saturated rings. The van der Waals surface area contributed by atoms with E-state index < -0.39 is 11.7 Å².